The molecule has 190 valence electrons. The second kappa shape index (κ2) is 8.99. The maximum Gasteiger partial charge on any atom is 0.240 e. The number of hydrogen-bond acceptors (Lipinski definition) is 7. The van der Waals surface area contributed by atoms with E-state index in [4.69, 9.17) is 22.3 Å². The Labute approximate surface area is 219 Å². The average molecular weight is 518 g/mol. The smallest absolute Gasteiger partial charge is 0.240 e. The number of amides is 1. The molecule has 1 aromatic carbocycles. The summed E-state index contributed by atoms with van der Waals surface area (Å²) in [5.41, 5.74) is 8.57. The van der Waals surface area contributed by atoms with Crippen molar-refractivity contribution in [1.82, 2.24) is 24.3 Å². The lowest BCUT2D eigenvalue weighted by Crippen LogP contribution is -2.32. The lowest BCUT2D eigenvalue weighted by molar-refractivity contribution is -0.119. The number of carbonyl (C=O) groups is 1. The summed E-state index contributed by atoms with van der Waals surface area (Å²) in [6.07, 6.45) is 13.9. The fourth-order valence-electron chi connectivity index (χ4n) is 5.71. The molecule has 3 aromatic heterocycles. The normalized spacial score (nSPS) is 19.8. The predicted octanol–water partition coefficient (Wildman–Crippen LogP) is 4.90. The molecule has 1 fully saturated rings. The lowest BCUT2D eigenvalue weighted by atomic mass is 9.77. The number of nitrogens with zero attached hydrogens (tertiary/aromatic N) is 5. The molecule has 1 amide bonds. The number of halogens is 1. The number of rotatable bonds is 5. The van der Waals surface area contributed by atoms with E-state index in [9.17, 15) is 9.90 Å². The summed E-state index contributed by atoms with van der Waals surface area (Å²) in [5.74, 6) is 1.13. The molecule has 2 aliphatic rings. The zero-order valence-electron chi connectivity index (χ0n) is 20.5. The summed E-state index contributed by atoms with van der Waals surface area (Å²) < 4.78 is 1.94. The van der Waals surface area contributed by atoms with E-state index in [1.165, 1.54) is 38.2 Å². The van der Waals surface area contributed by atoms with Crippen LogP contribution in [0.1, 0.15) is 62.3 Å². The molecule has 6 rings (SSSR count). The van der Waals surface area contributed by atoms with Crippen molar-refractivity contribution in [3.05, 3.63) is 58.6 Å². The number of phenols is 1. The summed E-state index contributed by atoms with van der Waals surface area (Å²) >= 11 is 5.99. The maximum absolute atomic E-state index is 13.2. The molecule has 1 aliphatic carbocycles. The van der Waals surface area contributed by atoms with E-state index < -0.39 is 5.41 Å². The molecule has 37 heavy (non-hydrogen) atoms. The van der Waals surface area contributed by atoms with Crippen LogP contribution in [0.4, 0.5) is 11.6 Å². The highest BCUT2D eigenvalue weighted by Gasteiger charge is 2.47. The zero-order chi connectivity index (χ0) is 25.7. The van der Waals surface area contributed by atoms with Crippen LogP contribution in [0.2, 0.25) is 5.02 Å². The van der Waals surface area contributed by atoms with Crippen LogP contribution in [-0.4, -0.2) is 35.4 Å². The molecule has 0 radical (unpaired) electrons. The SMILES string of the molecule is C[C@]1(c2ccc(Cl)c(O)c2)C(=O)Nc2nc(-c3cn4ccnc4c(CCC4CCCCC4)n3)nc(N)c21. The third-order valence-corrected chi connectivity index (χ3v) is 8.15. The van der Waals surface area contributed by atoms with Gasteiger partial charge in [0.15, 0.2) is 11.5 Å². The number of imidazole rings is 1. The van der Waals surface area contributed by atoms with E-state index in [-0.39, 0.29) is 22.5 Å². The minimum absolute atomic E-state index is 0.114. The fraction of sp³-hybridized carbons (Fsp3) is 0.370. The molecular weight excluding hydrogens is 490 g/mol. The molecule has 9 nitrogen and oxygen atoms in total. The van der Waals surface area contributed by atoms with Gasteiger partial charge in [-0.25, -0.2) is 19.9 Å². The molecule has 0 spiro atoms. The molecular formula is C27H28ClN7O2. The molecule has 0 unspecified atom stereocenters. The maximum atomic E-state index is 13.2. The van der Waals surface area contributed by atoms with Crippen molar-refractivity contribution in [2.75, 3.05) is 11.1 Å². The number of aryl methyl sites for hydroxylation is 1. The topological polar surface area (TPSA) is 131 Å². The third kappa shape index (κ3) is 3.98. The summed E-state index contributed by atoms with van der Waals surface area (Å²) in [6.45, 7) is 1.73. The van der Waals surface area contributed by atoms with Crippen LogP contribution in [0.15, 0.2) is 36.8 Å². The van der Waals surface area contributed by atoms with Crippen molar-refractivity contribution in [2.45, 2.75) is 57.3 Å². The summed E-state index contributed by atoms with van der Waals surface area (Å²) in [6, 6.07) is 4.71. The molecule has 4 N–H and O–H groups in total. The van der Waals surface area contributed by atoms with Crippen molar-refractivity contribution in [3.8, 4) is 17.3 Å². The van der Waals surface area contributed by atoms with Gasteiger partial charge in [0.1, 0.15) is 28.5 Å². The zero-order valence-corrected chi connectivity index (χ0v) is 21.3. The van der Waals surface area contributed by atoms with Gasteiger partial charge in [-0.2, -0.15) is 0 Å². The van der Waals surface area contributed by atoms with Crippen molar-refractivity contribution in [2.24, 2.45) is 5.92 Å². The minimum Gasteiger partial charge on any atom is -0.506 e. The van der Waals surface area contributed by atoms with Crippen LogP contribution in [0.25, 0.3) is 17.2 Å². The average Bonchev–Trinajstić information content (AvgIpc) is 3.47. The Balaban J connectivity index is 1.39. The van der Waals surface area contributed by atoms with Gasteiger partial charge < -0.3 is 20.6 Å². The Morgan fingerprint density at radius 1 is 1.22 bits per heavy atom. The molecule has 0 bridgehead atoms. The second-order valence-corrected chi connectivity index (χ2v) is 10.6. The number of benzene rings is 1. The monoisotopic (exact) mass is 517 g/mol. The van der Waals surface area contributed by atoms with Gasteiger partial charge >= 0.3 is 0 Å². The standard InChI is InChI=1S/C27H28ClN7O2/c1-27(16-8-9-17(28)20(36)13-16)21-22(29)32-23(33-24(21)34-26(27)37)19-14-35-12-11-30-25(35)18(31-19)10-7-15-5-3-2-4-6-15/h8-9,11-15,36H,2-7,10H2,1H3,(H3,29,32,33,34,37)/t27-/m1/s1. The highest BCUT2D eigenvalue weighted by Crippen LogP contribution is 2.46. The van der Waals surface area contributed by atoms with E-state index in [1.54, 1.807) is 25.3 Å². The van der Waals surface area contributed by atoms with Gasteiger partial charge in [0, 0.05) is 18.6 Å². The van der Waals surface area contributed by atoms with Crippen molar-refractivity contribution >= 4 is 34.8 Å². The van der Waals surface area contributed by atoms with Crippen LogP contribution in [0.5, 0.6) is 5.75 Å². The van der Waals surface area contributed by atoms with Gasteiger partial charge in [-0.1, -0.05) is 49.8 Å². The molecule has 10 heteroatoms. The van der Waals surface area contributed by atoms with Gasteiger partial charge in [-0.3, -0.25) is 4.79 Å². The number of fused-ring (bicyclic) bond motifs is 2. The Morgan fingerprint density at radius 3 is 2.81 bits per heavy atom. The predicted molar refractivity (Wildman–Crippen MR) is 142 cm³/mol. The number of nitrogen functional groups attached to an aromatic ring is 1. The van der Waals surface area contributed by atoms with E-state index in [1.807, 2.05) is 16.8 Å². The van der Waals surface area contributed by atoms with Gasteiger partial charge in [-0.05, 0) is 43.4 Å². The van der Waals surface area contributed by atoms with Crippen molar-refractivity contribution < 1.29 is 9.90 Å². The quantitative estimate of drug-likeness (QED) is 0.343. The first-order chi connectivity index (χ1) is 17.8. The van der Waals surface area contributed by atoms with Crippen LogP contribution >= 0.6 is 11.6 Å². The van der Waals surface area contributed by atoms with Gasteiger partial charge in [0.25, 0.3) is 0 Å². The molecule has 1 atom stereocenters. The summed E-state index contributed by atoms with van der Waals surface area (Å²) in [5, 5.41) is 13.2. The van der Waals surface area contributed by atoms with E-state index in [2.05, 4.69) is 20.3 Å². The number of carbonyl (C=O) groups excluding carboxylic acids is 1. The Bertz CT molecular complexity index is 1530. The first-order valence-corrected chi connectivity index (χ1v) is 13.0. The highest BCUT2D eigenvalue weighted by atomic mass is 35.5. The summed E-state index contributed by atoms with van der Waals surface area (Å²) in [4.78, 5) is 31.9. The van der Waals surface area contributed by atoms with Crippen LogP contribution < -0.4 is 11.1 Å². The Kier molecular flexibility index (Phi) is 5.75. The number of hydrogen-bond donors (Lipinski definition) is 3. The first kappa shape index (κ1) is 23.7. The number of aromatic nitrogens is 5. The Morgan fingerprint density at radius 2 is 2.03 bits per heavy atom. The lowest BCUT2D eigenvalue weighted by Gasteiger charge is -2.23. The van der Waals surface area contributed by atoms with E-state index >= 15 is 0 Å². The number of nitrogens with one attached hydrogen (secondary N) is 1. The molecule has 0 saturated heterocycles. The number of aromatic hydroxyl groups is 1. The third-order valence-electron chi connectivity index (χ3n) is 7.83. The van der Waals surface area contributed by atoms with Crippen LogP contribution in [0, 0.1) is 5.92 Å². The molecule has 1 aliphatic heterocycles. The minimum atomic E-state index is -1.19. The molecule has 4 aromatic rings. The number of anilines is 2. The summed E-state index contributed by atoms with van der Waals surface area (Å²) in [7, 11) is 0. The second-order valence-electron chi connectivity index (χ2n) is 10.2. The number of phenolic OH excluding ortho intramolecular Hbond substituents is 1. The van der Waals surface area contributed by atoms with E-state index in [0.717, 1.165) is 30.1 Å². The van der Waals surface area contributed by atoms with Crippen LogP contribution in [-0.2, 0) is 16.6 Å². The van der Waals surface area contributed by atoms with Gasteiger partial charge in [-0.15, -0.1) is 0 Å². The van der Waals surface area contributed by atoms with Crippen LogP contribution in [0.3, 0.4) is 0 Å². The van der Waals surface area contributed by atoms with E-state index in [0.29, 0.717) is 28.5 Å². The molecule has 1 saturated carbocycles. The van der Waals surface area contributed by atoms with Crippen molar-refractivity contribution in [1.29, 1.82) is 0 Å². The fourth-order valence-corrected chi connectivity index (χ4v) is 5.83. The first-order valence-electron chi connectivity index (χ1n) is 12.7. The molecule has 4 heterocycles. The number of nitrogens with two attached hydrogens (primary N) is 1. The van der Waals surface area contributed by atoms with Crippen molar-refractivity contribution in [3.63, 3.8) is 0 Å². The highest BCUT2D eigenvalue weighted by molar-refractivity contribution is 6.32. The van der Waals surface area contributed by atoms with Gasteiger partial charge in [0.2, 0.25) is 5.91 Å². The largest absolute Gasteiger partial charge is 0.506 e. The van der Waals surface area contributed by atoms with Gasteiger partial charge in [0.05, 0.1) is 16.3 Å². The Hall–Kier alpha value is -3.72.